The van der Waals surface area contributed by atoms with Crippen LogP contribution in [0.25, 0.3) is 0 Å². The predicted octanol–water partition coefficient (Wildman–Crippen LogP) is -0.298. The van der Waals surface area contributed by atoms with Crippen molar-refractivity contribution in [2.45, 2.75) is 25.7 Å². The lowest BCUT2D eigenvalue weighted by molar-refractivity contribution is 0.349. The smallest absolute Gasteiger partial charge is 0.427 e. The molecule has 0 radical (unpaired) electrons. The van der Waals surface area contributed by atoms with E-state index in [1.54, 1.807) is 17.9 Å². The average Bonchev–Trinajstić information content (AvgIpc) is 2.53. The third-order valence-electron chi connectivity index (χ3n) is 2.09. The lowest BCUT2D eigenvalue weighted by atomic mass is 9.70. The largest absolute Gasteiger partial charge is 0.456 e. The Kier molecular flexibility index (Phi) is 2.83. The second-order valence-electron chi connectivity index (χ2n) is 2.89. The zero-order valence-electron chi connectivity index (χ0n) is 7.12. The Morgan fingerprint density at radius 2 is 2.08 bits per heavy atom. The summed E-state index contributed by atoms with van der Waals surface area (Å²) in [7, 11) is -1.32. The number of rotatable bonds is 3. The molecule has 2 N–H and O–H groups in total. The molecule has 1 aromatic heterocycles. The van der Waals surface area contributed by atoms with Gasteiger partial charge in [0.05, 0.1) is 6.04 Å². The van der Waals surface area contributed by atoms with Gasteiger partial charge in [-0.1, -0.05) is 6.92 Å². The van der Waals surface area contributed by atoms with E-state index in [1.807, 2.05) is 6.92 Å². The van der Waals surface area contributed by atoms with Crippen LogP contribution in [0.4, 0.5) is 0 Å². The van der Waals surface area contributed by atoms with E-state index in [9.17, 15) is 0 Å². The standard InChI is InChI=1S/C6H12BN3O2/c1-5(7(11)12)6(2)10-4-8-3-9-10/h3-6,11-12H,1-2H3/t5-,6?/m0/s1. The minimum absolute atomic E-state index is 0.0625. The molecule has 66 valence electrons. The van der Waals surface area contributed by atoms with Gasteiger partial charge in [0.15, 0.2) is 0 Å². The Hall–Kier alpha value is -0.875. The summed E-state index contributed by atoms with van der Waals surface area (Å²) >= 11 is 0. The molecule has 0 spiro atoms. The van der Waals surface area contributed by atoms with E-state index in [4.69, 9.17) is 10.0 Å². The quantitative estimate of drug-likeness (QED) is 0.609. The molecule has 0 bridgehead atoms. The van der Waals surface area contributed by atoms with Gasteiger partial charge in [-0.2, -0.15) is 5.10 Å². The first-order chi connectivity index (χ1) is 5.63. The van der Waals surface area contributed by atoms with E-state index < -0.39 is 7.12 Å². The molecule has 0 saturated carbocycles. The fourth-order valence-electron chi connectivity index (χ4n) is 0.918. The maximum Gasteiger partial charge on any atom is 0.456 e. The van der Waals surface area contributed by atoms with Gasteiger partial charge in [-0.25, -0.2) is 4.98 Å². The van der Waals surface area contributed by atoms with Gasteiger partial charge in [-0.15, -0.1) is 0 Å². The lowest BCUT2D eigenvalue weighted by Gasteiger charge is -2.18. The van der Waals surface area contributed by atoms with E-state index in [2.05, 4.69) is 10.1 Å². The molecule has 0 aliphatic carbocycles. The van der Waals surface area contributed by atoms with Gasteiger partial charge in [0.1, 0.15) is 12.7 Å². The van der Waals surface area contributed by atoms with Crippen molar-refractivity contribution in [3.8, 4) is 0 Å². The summed E-state index contributed by atoms with van der Waals surface area (Å²) in [5, 5.41) is 21.7. The minimum Gasteiger partial charge on any atom is -0.427 e. The van der Waals surface area contributed by atoms with Crippen molar-refractivity contribution in [1.82, 2.24) is 14.8 Å². The predicted molar refractivity (Wildman–Crippen MR) is 44.3 cm³/mol. The molecule has 2 atom stereocenters. The van der Waals surface area contributed by atoms with Crippen LogP contribution in [0.15, 0.2) is 12.7 Å². The zero-order chi connectivity index (χ0) is 9.14. The SMILES string of the molecule is CC([C@H](C)B(O)O)n1cncn1. The lowest BCUT2D eigenvalue weighted by Crippen LogP contribution is -2.25. The molecule has 1 rings (SSSR count). The minimum atomic E-state index is -1.32. The van der Waals surface area contributed by atoms with E-state index in [0.29, 0.717) is 0 Å². The van der Waals surface area contributed by atoms with Crippen molar-refractivity contribution in [3.05, 3.63) is 12.7 Å². The van der Waals surface area contributed by atoms with Crippen LogP contribution in [0.3, 0.4) is 0 Å². The van der Waals surface area contributed by atoms with Crippen molar-refractivity contribution in [2.24, 2.45) is 0 Å². The van der Waals surface area contributed by atoms with E-state index in [-0.39, 0.29) is 11.9 Å². The molecule has 1 heterocycles. The van der Waals surface area contributed by atoms with E-state index >= 15 is 0 Å². The first kappa shape index (κ1) is 9.21. The van der Waals surface area contributed by atoms with Gasteiger partial charge in [-0.05, 0) is 6.92 Å². The third-order valence-corrected chi connectivity index (χ3v) is 2.09. The molecular weight excluding hydrogens is 157 g/mol. The molecule has 0 aromatic carbocycles. The average molecular weight is 169 g/mol. The number of hydrogen-bond donors (Lipinski definition) is 2. The Morgan fingerprint density at radius 3 is 2.50 bits per heavy atom. The summed E-state index contributed by atoms with van der Waals surface area (Å²) in [6.45, 7) is 3.61. The van der Waals surface area contributed by atoms with Crippen LogP contribution in [0.2, 0.25) is 5.82 Å². The molecule has 5 nitrogen and oxygen atoms in total. The molecule has 0 aliphatic heterocycles. The molecule has 0 amide bonds. The van der Waals surface area contributed by atoms with Gasteiger partial charge in [-0.3, -0.25) is 4.68 Å². The highest BCUT2D eigenvalue weighted by Crippen LogP contribution is 2.21. The van der Waals surface area contributed by atoms with Crippen LogP contribution < -0.4 is 0 Å². The zero-order valence-corrected chi connectivity index (χ0v) is 7.12. The second kappa shape index (κ2) is 3.69. The van der Waals surface area contributed by atoms with Crippen LogP contribution in [0.5, 0.6) is 0 Å². The monoisotopic (exact) mass is 169 g/mol. The highest BCUT2D eigenvalue weighted by Gasteiger charge is 2.25. The summed E-state index contributed by atoms with van der Waals surface area (Å²) < 4.78 is 1.60. The number of aromatic nitrogens is 3. The highest BCUT2D eigenvalue weighted by molar-refractivity contribution is 6.43. The summed E-state index contributed by atoms with van der Waals surface area (Å²) in [5.41, 5.74) is 0. The van der Waals surface area contributed by atoms with Gasteiger partial charge >= 0.3 is 7.12 Å². The molecule has 0 aliphatic rings. The fraction of sp³-hybridized carbons (Fsp3) is 0.667. The Labute approximate surface area is 71.2 Å². The van der Waals surface area contributed by atoms with Crippen LogP contribution in [-0.4, -0.2) is 31.9 Å². The van der Waals surface area contributed by atoms with Crippen LogP contribution in [0.1, 0.15) is 19.9 Å². The first-order valence-electron chi connectivity index (χ1n) is 3.83. The Bertz CT molecular complexity index is 227. The van der Waals surface area contributed by atoms with Crippen LogP contribution in [0, 0.1) is 0 Å². The van der Waals surface area contributed by atoms with Crippen molar-refractivity contribution in [1.29, 1.82) is 0 Å². The fourth-order valence-corrected chi connectivity index (χ4v) is 0.918. The van der Waals surface area contributed by atoms with Crippen LogP contribution in [-0.2, 0) is 0 Å². The molecule has 0 saturated heterocycles. The van der Waals surface area contributed by atoms with Gasteiger partial charge in [0.2, 0.25) is 0 Å². The summed E-state index contributed by atoms with van der Waals surface area (Å²) in [4.78, 5) is 3.77. The highest BCUT2D eigenvalue weighted by atomic mass is 16.4. The number of nitrogens with zero attached hydrogens (tertiary/aromatic N) is 3. The van der Waals surface area contributed by atoms with Crippen LogP contribution >= 0.6 is 0 Å². The Balaban J connectivity index is 2.65. The topological polar surface area (TPSA) is 71.2 Å². The molecule has 1 unspecified atom stereocenters. The summed E-state index contributed by atoms with van der Waals surface area (Å²) in [5.74, 6) is -0.258. The van der Waals surface area contributed by atoms with Gasteiger partial charge in [0.25, 0.3) is 0 Å². The van der Waals surface area contributed by atoms with Crippen molar-refractivity contribution < 1.29 is 10.0 Å². The van der Waals surface area contributed by atoms with Gasteiger partial charge < -0.3 is 10.0 Å². The molecule has 0 fully saturated rings. The van der Waals surface area contributed by atoms with Crippen molar-refractivity contribution >= 4 is 7.12 Å². The maximum atomic E-state index is 8.88. The second-order valence-corrected chi connectivity index (χ2v) is 2.89. The number of hydrogen-bond acceptors (Lipinski definition) is 4. The molecular formula is C6H12BN3O2. The summed E-state index contributed by atoms with van der Waals surface area (Å²) in [6.07, 6.45) is 2.98. The van der Waals surface area contributed by atoms with Crippen molar-refractivity contribution in [2.75, 3.05) is 0 Å². The third kappa shape index (κ3) is 1.83. The normalized spacial score (nSPS) is 15.7. The van der Waals surface area contributed by atoms with E-state index in [0.717, 1.165) is 0 Å². The first-order valence-corrected chi connectivity index (χ1v) is 3.83. The maximum absolute atomic E-state index is 8.88. The van der Waals surface area contributed by atoms with E-state index in [1.165, 1.54) is 6.33 Å². The summed E-state index contributed by atoms with van der Waals surface area (Å²) in [6, 6.07) is -0.0625. The van der Waals surface area contributed by atoms with Gasteiger partial charge in [0, 0.05) is 5.82 Å². The molecule has 12 heavy (non-hydrogen) atoms. The van der Waals surface area contributed by atoms with Crippen molar-refractivity contribution in [3.63, 3.8) is 0 Å². The molecule has 1 aromatic rings. The molecule has 6 heteroatoms. The Morgan fingerprint density at radius 1 is 1.42 bits per heavy atom.